The maximum Gasteiger partial charge on any atom is 0.201 e. The summed E-state index contributed by atoms with van der Waals surface area (Å²) in [5, 5.41) is 23.0. The number of nitrogens with one attached hydrogen (secondary N) is 1. The van der Waals surface area contributed by atoms with Gasteiger partial charge < -0.3 is 21.3 Å². The first kappa shape index (κ1) is 17.9. The first-order valence-corrected chi connectivity index (χ1v) is 8.38. The fraction of sp³-hybridized carbons (Fsp3) is 0.263. The normalized spacial score (nSPS) is 12.7. The minimum Gasteiger partial charge on any atom is -0.507 e. The van der Waals surface area contributed by atoms with Crippen LogP contribution in [0.25, 0.3) is 0 Å². The molecule has 0 amide bonds. The molecule has 2 aromatic carbocycles. The molecule has 0 heterocycles. The third-order valence-corrected chi connectivity index (χ3v) is 4.42. The lowest BCUT2D eigenvalue weighted by Gasteiger charge is -2.22. The largest absolute Gasteiger partial charge is 0.507 e. The molecule has 0 bridgehead atoms. The molecular weight excluding hydrogens is 339 g/mol. The molecule has 0 radical (unpaired) electrons. The standard InChI is InChI=1S/C19H19FN2O4/c20-10-4-5-11(22-9-3-1-2-8-21)15-14(10)18(25)16-12(23)6-7-13(24)17(16)19(15)26/h4-7,22-24H,1-3,8-9,21H2. The Morgan fingerprint density at radius 3 is 2.08 bits per heavy atom. The number of unbranched alkanes of at least 4 members (excludes halogenated alkanes) is 2. The first-order valence-electron chi connectivity index (χ1n) is 8.38. The second-order valence-corrected chi connectivity index (χ2v) is 6.13. The Labute approximate surface area is 149 Å². The van der Waals surface area contributed by atoms with Crippen LogP contribution in [0.2, 0.25) is 0 Å². The summed E-state index contributed by atoms with van der Waals surface area (Å²) in [5.74, 6) is -3.28. The fourth-order valence-electron chi connectivity index (χ4n) is 3.14. The van der Waals surface area contributed by atoms with Gasteiger partial charge in [0.2, 0.25) is 11.6 Å². The zero-order valence-corrected chi connectivity index (χ0v) is 14.0. The van der Waals surface area contributed by atoms with Gasteiger partial charge in [-0.2, -0.15) is 0 Å². The Hall–Kier alpha value is -2.93. The zero-order valence-electron chi connectivity index (χ0n) is 14.0. The minimum absolute atomic E-state index is 0.123. The summed E-state index contributed by atoms with van der Waals surface area (Å²) in [7, 11) is 0. The number of fused-ring (bicyclic) bond motifs is 2. The van der Waals surface area contributed by atoms with E-state index in [1.54, 1.807) is 0 Å². The van der Waals surface area contributed by atoms with E-state index in [1.165, 1.54) is 6.07 Å². The molecular formula is C19H19FN2O4. The van der Waals surface area contributed by atoms with Crippen molar-refractivity contribution in [3.05, 3.63) is 52.3 Å². The van der Waals surface area contributed by atoms with Crippen molar-refractivity contribution in [2.24, 2.45) is 5.73 Å². The molecule has 1 aliphatic carbocycles. The van der Waals surface area contributed by atoms with Gasteiger partial charge in [-0.3, -0.25) is 9.59 Å². The number of rotatable bonds is 6. The smallest absolute Gasteiger partial charge is 0.201 e. The van der Waals surface area contributed by atoms with Crippen LogP contribution in [0.15, 0.2) is 24.3 Å². The van der Waals surface area contributed by atoms with Gasteiger partial charge in [-0.15, -0.1) is 0 Å². The maximum absolute atomic E-state index is 14.3. The third kappa shape index (κ3) is 2.90. The average Bonchev–Trinajstić information content (AvgIpc) is 2.62. The molecule has 0 saturated heterocycles. The maximum atomic E-state index is 14.3. The second-order valence-electron chi connectivity index (χ2n) is 6.13. The van der Waals surface area contributed by atoms with Crippen molar-refractivity contribution in [2.45, 2.75) is 19.3 Å². The minimum atomic E-state index is -0.847. The van der Waals surface area contributed by atoms with Crippen molar-refractivity contribution in [3.63, 3.8) is 0 Å². The van der Waals surface area contributed by atoms with Gasteiger partial charge in [0.05, 0.1) is 22.3 Å². The van der Waals surface area contributed by atoms with E-state index in [-0.39, 0.29) is 16.7 Å². The van der Waals surface area contributed by atoms with Crippen LogP contribution in [0, 0.1) is 5.82 Å². The van der Waals surface area contributed by atoms with Crippen molar-refractivity contribution in [1.82, 2.24) is 0 Å². The summed E-state index contributed by atoms with van der Waals surface area (Å²) in [6.45, 7) is 1.12. The SMILES string of the molecule is NCCCCCNc1ccc(F)c2c1C(=O)c1c(O)ccc(O)c1C2=O. The predicted octanol–water partition coefficient (Wildman–Crippen LogP) is 2.55. The Kier molecular flexibility index (Phi) is 4.90. The van der Waals surface area contributed by atoms with Gasteiger partial charge in [0.1, 0.15) is 17.3 Å². The summed E-state index contributed by atoms with van der Waals surface area (Å²) in [4.78, 5) is 25.6. The van der Waals surface area contributed by atoms with Crippen LogP contribution >= 0.6 is 0 Å². The van der Waals surface area contributed by atoms with Gasteiger partial charge >= 0.3 is 0 Å². The summed E-state index contributed by atoms with van der Waals surface area (Å²) in [5.41, 5.74) is 4.57. The molecule has 7 heteroatoms. The predicted molar refractivity (Wildman–Crippen MR) is 94.4 cm³/mol. The first-order chi connectivity index (χ1) is 12.5. The highest BCUT2D eigenvalue weighted by molar-refractivity contribution is 6.31. The molecule has 2 aromatic rings. The highest BCUT2D eigenvalue weighted by Gasteiger charge is 2.38. The number of benzene rings is 2. The number of halogens is 1. The summed E-state index contributed by atoms with van der Waals surface area (Å²) in [6, 6.07) is 4.73. The summed E-state index contributed by atoms with van der Waals surface area (Å²) < 4.78 is 14.3. The second kappa shape index (κ2) is 7.13. The fourth-order valence-corrected chi connectivity index (χ4v) is 3.14. The summed E-state index contributed by atoms with van der Waals surface area (Å²) >= 11 is 0. The van der Waals surface area contributed by atoms with E-state index >= 15 is 0 Å². The van der Waals surface area contributed by atoms with E-state index in [0.29, 0.717) is 18.8 Å². The van der Waals surface area contributed by atoms with Gasteiger partial charge in [-0.1, -0.05) is 6.42 Å². The number of carbonyl (C=O) groups is 2. The van der Waals surface area contributed by atoms with Crippen molar-refractivity contribution in [3.8, 4) is 11.5 Å². The number of phenols is 2. The lowest BCUT2D eigenvalue weighted by molar-refractivity contribution is 0.0971. The highest BCUT2D eigenvalue weighted by Crippen LogP contribution is 2.40. The number of anilines is 1. The molecule has 3 rings (SSSR count). The van der Waals surface area contributed by atoms with Gasteiger partial charge in [-0.25, -0.2) is 4.39 Å². The van der Waals surface area contributed by atoms with E-state index in [2.05, 4.69) is 5.32 Å². The Morgan fingerprint density at radius 1 is 0.846 bits per heavy atom. The number of phenolic OH excluding ortho intramolecular Hbond substituents is 2. The van der Waals surface area contributed by atoms with E-state index < -0.39 is 34.4 Å². The average molecular weight is 358 g/mol. The molecule has 0 saturated carbocycles. The van der Waals surface area contributed by atoms with Crippen molar-refractivity contribution in [2.75, 3.05) is 18.4 Å². The van der Waals surface area contributed by atoms with Crippen molar-refractivity contribution >= 4 is 17.3 Å². The molecule has 136 valence electrons. The molecule has 0 unspecified atom stereocenters. The number of carbonyl (C=O) groups excluding carboxylic acids is 2. The Morgan fingerprint density at radius 2 is 1.46 bits per heavy atom. The van der Waals surface area contributed by atoms with Crippen molar-refractivity contribution < 1.29 is 24.2 Å². The number of aromatic hydroxyl groups is 2. The van der Waals surface area contributed by atoms with Gasteiger partial charge in [0, 0.05) is 12.2 Å². The molecule has 26 heavy (non-hydrogen) atoms. The number of hydrogen-bond acceptors (Lipinski definition) is 6. The molecule has 5 N–H and O–H groups in total. The van der Waals surface area contributed by atoms with Crippen LogP contribution in [0.4, 0.5) is 10.1 Å². The van der Waals surface area contributed by atoms with Crippen LogP contribution in [-0.2, 0) is 0 Å². The monoisotopic (exact) mass is 358 g/mol. The molecule has 0 atom stereocenters. The van der Waals surface area contributed by atoms with Crippen molar-refractivity contribution in [1.29, 1.82) is 0 Å². The number of ketones is 2. The number of nitrogens with two attached hydrogens (primary N) is 1. The molecule has 0 aliphatic heterocycles. The third-order valence-electron chi connectivity index (χ3n) is 4.42. The molecule has 6 nitrogen and oxygen atoms in total. The van der Waals surface area contributed by atoms with Crippen LogP contribution in [0.1, 0.15) is 51.1 Å². The van der Waals surface area contributed by atoms with E-state index in [1.807, 2.05) is 0 Å². The molecule has 0 fully saturated rings. The van der Waals surface area contributed by atoms with Gasteiger partial charge in [0.15, 0.2) is 0 Å². The Bertz CT molecular complexity index is 896. The molecule has 0 spiro atoms. The van der Waals surface area contributed by atoms with Crippen LogP contribution in [-0.4, -0.2) is 34.9 Å². The topological polar surface area (TPSA) is 113 Å². The van der Waals surface area contributed by atoms with Gasteiger partial charge in [-0.05, 0) is 43.7 Å². The van der Waals surface area contributed by atoms with E-state index in [0.717, 1.165) is 37.5 Å². The zero-order chi connectivity index (χ0) is 18.8. The van der Waals surface area contributed by atoms with E-state index in [4.69, 9.17) is 5.73 Å². The lowest BCUT2D eigenvalue weighted by Crippen LogP contribution is -2.24. The Balaban J connectivity index is 2.04. The summed E-state index contributed by atoms with van der Waals surface area (Å²) in [6.07, 6.45) is 2.58. The number of hydrogen-bond donors (Lipinski definition) is 4. The van der Waals surface area contributed by atoms with Crippen LogP contribution in [0.3, 0.4) is 0 Å². The molecule has 0 aromatic heterocycles. The molecule has 1 aliphatic rings. The highest BCUT2D eigenvalue weighted by atomic mass is 19.1. The quantitative estimate of drug-likeness (QED) is 0.398. The lowest BCUT2D eigenvalue weighted by atomic mass is 9.82. The van der Waals surface area contributed by atoms with Crippen LogP contribution < -0.4 is 11.1 Å². The van der Waals surface area contributed by atoms with Gasteiger partial charge in [0.25, 0.3) is 0 Å². The van der Waals surface area contributed by atoms with E-state index in [9.17, 15) is 24.2 Å². The van der Waals surface area contributed by atoms with Crippen LogP contribution in [0.5, 0.6) is 11.5 Å².